The van der Waals surface area contributed by atoms with Crippen LogP contribution in [0.3, 0.4) is 0 Å². The molecule has 3 heteroatoms. The maximum atomic E-state index is 12.7. The van der Waals surface area contributed by atoms with Crippen molar-refractivity contribution in [2.75, 3.05) is 0 Å². The zero-order valence-electron chi connectivity index (χ0n) is 9.33. The second-order valence-electron chi connectivity index (χ2n) is 3.92. The van der Waals surface area contributed by atoms with E-state index in [4.69, 9.17) is 0 Å². The van der Waals surface area contributed by atoms with Crippen LogP contribution in [-0.4, -0.2) is 10.8 Å². The molecule has 1 atom stereocenters. The predicted molar refractivity (Wildman–Crippen MR) is 57.1 cm³/mol. The third-order valence-electron chi connectivity index (χ3n) is 2.43. The van der Waals surface area contributed by atoms with E-state index < -0.39 is 0 Å². The Morgan fingerprint density at radius 3 is 2.53 bits per heavy atom. The number of nitrogens with zero attached hydrogens (tertiary/aromatic N) is 1. The molecule has 1 unspecified atom stereocenters. The molecule has 0 N–H and O–H groups in total. The molecule has 1 aromatic heterocycles. The third-order valence-corrected chi connectivity index (χ3v) is 2.43. The van der Waals surface area contributed by atoms with Crippen LogP contribution in [0.2, 0.25) is 0 Å². The van der Waals surface area contributed by atoms with E-state index in [1.165, 1.54) is 6.07 Å². The molecule has 0 saturated heterocycles. The summed E-state index contributed by atoms with van der Waals surface area (Å²) < 4.78 is 12.7. The van der Waals surface area contributed by atoms with Gasteiger partial charge in [-0.15, -0.1) is 0 Å². The minimum Gasteiger partial charge on any atom is -0.299 e. The molecule has 1 heterocycles. The van der Waals surface area contributed by atoms with Crippen LogP contribution in [0.4, 0.5) is 4.39 Å². The lowest BCUT2D eigenvalue weighted by molar-refractivity contribution is -0.123. The summed E-state index contributed by atoms with van der Waals surface area (Å²) in [5, 5.41) is 0. The minimum absolute atomic E-state index is 0.0122. The van der Waals surface area contributed by atoms with Crippen molar-refractivity contribution in [1.29, 1.82) is 0 Å². The molecule has 0 amide bonds. The van der Waals surface area contributed by atoms with Gasteiger partial charge in [-0.3, -0.25) is 9.78 Å². The van der Waals surface area contributed by atoms with E-state index >= 15 is 0 Å². The fourth-order valence-electron chi connectivity index (χ4n) is 1.55. The number of rotatable bonds is 4. The highest BCUT2D eigenvalue weighted by atomic mass is 19.1. The van der Waals surface area contributed by atoms with Crippen LogP contribution in [0.15, 0.2) is 18.3 Å². The first-order valence-corrected chi connectivity index (χ1v) is 5.21. The summed E-state index contributed by atoms with van der Waals surface area (Å²) in [5.41, 5.74) is 0.664. The summed E-state index contributed by atoms with van der Waals surface area (Å²) in [5.74, 6) is -0.422. The van der Waals surface area contributed by atoms with Gasteiger partial charge in [0.05, 0.1) is 17.8 Å². The van der Waals surface area contributed by atoms with Crippen LogP contribution in [0.25, 0.3) is 0 Å². The van der Waals surface area contributed by atoms with E-state index in [0.717, 1.165) is 6.20 Å². The molecule has 0 fully saturated rings. The number of aromatic nitrogens is 1. The predicted octanol–water partition coefficient (Wildman–Crippen LogP) is 2.94. The molecule has 0 aliphatic heterocycles. The minimum atomic E-state index is -0.370. The van der Waals surface area contributed by atoms with Crippen molar-refractivity contribution in [1.82, 2.24) is 4.98 Å². The van der Waals surface area contributed by atoms with Crippen LogP contribution in [0.1, 0.15) is 38.8 Å². The van der Waals surface area contributed by atoms with Gasteiger partial charge < -0.3 is 0 Å². The van der Waals surface area contributed by atoms with E-state index in [1.807, 2.05) is 20.8 Å². The Morgan fingerprint density at radius 1 is 1.47 bits per heavy atom. The topological polar surface area (TPSA) is 30.0 Å². The molecule has 0 bridgehead atoms. The van der Waals surface area contributed by atoms with Gasteiger partial charge >= 0.3 is 0 Å². The van der Waals surface area contributed by atoms with Crippen LogP contribution in [0, 0.1) is 11.7 Å². The molecule has 0 aromatic carbocycles. The van der Waals surface area contributed by atoms with Crippen molar-refractivity contribution in [3.63, 3.8) is 0 Å². The van der Waals surface area contributed by atoms with Crippen molar-refractivity contribution >= 4 is 5.78 Å². The summed E-state index contributed by atoms with van der Waals surface area (Å²) in [6.07, 6.45) is 1.86. The summed E-state index contributed by atoms with van der Waals surface area (Å²) in [7, 11) is 0. The average molecular weight is 209 g/mol. The molecule has 0 saturated carbocycles. The second kappa shape index (κ2) is 5.01. The van der Waals surface area contributed by atoms with Gasteiger partial charge in [0.25, 0.3) is 0 Å². The first-order valence-electron chi connectivity index (χ1n) is 5.21. The average Bonchev–Trinajstić information content (AvgIpc) is 2.21. The molecule has 1 rings (SSSR count). The highest BCUT2D eigenvalue weighted by molar-refractivity contribution is 5.86. The Kier molecular flexibility index (Phi) is 3.95. The molecule has 1 aromatic rings. The number of carbonyl (C=O) groups excluding carboxylic acids is 1. The van der Waals surface area contributed by atoms with Crippen LogP contribution >= 0.6 is 0 Å². The lowest BCUT2D eigenvalue weighted by Crippen LogP contribution is -2.18. The van der Waals surface area contributed by atoms with Gasteiger partial charge in [-0.1, -0.05) is 20.8 Å². The summed E-state index contributed by atoms with van der Waals surface area (Å²) >= 11 is 0. The first kappa shape index (κ1) is 11.8. The highest BCUT2D eigenvalue weighted by Gasteiger charge is 2.22. The van der Waals surface area contributed by atoms with Crippen molar-refractivity contribution in [3.8, 4) is 0 Å². The normalized spacial score (nSPS) is 12.9. The fraction of sp³-hybridized carbons (Fsp3) is 0.500. The van der Waals surface area contributed by atoms with Crippen molar-refractivity contribution in [2.24, 2.45) is 5.92 Å². The SMILES string of the molecule is CCC(C(=O)C(C)C)c1ccc(F)cn1. The third kappa shape index (κ3) is 2.85. The number of hydrogen-bond donors (Lipinski definition) is 0. The smallest absolute Gasteiger partial charge is 0.144 e. The largest absolute Gasteiger partial charge is 0.299 e. The molecular weight excluding hydrogens is 193 g/mol. The van der Waals surface area contributed by atoms with E-state index in [-0.39, 0.29) is 23.4 Å². The van der Waals surface area contributed by atoms with Gasteiger partial charge in [-0.05, 0) is 18.6 Å². The van der Waals surface area contributed by atoms with Crippen molar-refractivity contribution in [3.05, 3.63) is 29.8 Å². The first-order chi connectivity index (χ1) is 7.06. The molecule has 82 valence electrons. The molecule has 0 radical (unpaired) electrons. The van der Waals surface area contributed by atoms with Gasteiger partial charge in [-0.2, -0.15) is 0 Å². The van der Waals surface area contributed by atoms with Gasteiger partial charge in [0, 0.05) is 5.92 Å². The van der Waals surface area contributed by atoms with Gasteiger partial charge in [0.2, 0.25) is 0 Å². The molecule has 0 aliphatic carbocycles. The summed E-state index contributed by atoms with van der Waals surface area (Å²) in [4.78, 5) is 15.8. The maximum absolute atomic E-state index is 12.7. The standard InChI is InChI=1S/C12H16FNO/c1-4-10(12(15)8(2)3)11-6-5-9(13)7-14-11/h5-8,10H,4H2,1-3H3. The number of Topliss-reactive ketones (excluding diaryl/α,β-unsaturated/α-hetero) is 1. The number of halogens is 1. The van der Waals surface area contributed by atoms with Gasteiger partial charge in [0.15, 0.2) is 0 Å². The van der Waals surface area contributed by atoms with E-state index in [0.29, 0.717) is 12.1 Å². The van der Waals surface area contributed by atoms with Crippen molar-refractivity contribution in [2.45, 2.75) is 33.1 Å². The summed E-state index contributed by atoms with van der Waals surface area (Å²) in [6, 6.07) is 2.93. The number of ketones is 1. The molecular formula is C12H16FNO. The maximum Gasteiger partial charge on any atom is 0.144 e. The van der Waals surface area contributed by atoms with E-state index in [1.54, 1.807) is 6.07 Å². The number of carbonyl (C=O) groups is 1. The van der Waals surface area contributed by atoms with Gasteiger partial charge in [0.1, 0.15) is 11.6 Å². The summed E-state index contributed by atoms with van der Waals surface area (Å²) in [6.45, 7) is 5.68. The zero-order valence-corrected chi connectivity index (χ0v) is 9.33. The van der Waals surface area contributed by atoms with E-state index in [2.05, 4.69) is 4.98 Å². The molecule has 0 aliphatic rings. The quantitative estimate of drug-likeness (QED) is 0.763. The zero-order chi connectivity index (χ0) is 11.4. The van der Waals surface area contributed by atoms with Crippen LogP contribution in [0.5, 0.6) is 0 Å². The molecule has 0 spiro atoms. The Morgan fingerprint density at radius 2 is 2.13 bits per heavy atom. The van der Waals surface area contributed by atoms with Gasteiger partial charge in [-0.25, -0.2) is 4.39 Å². The lowest BCUT2D eigenvalue weighted by Gasteiger charge is -2.15. The Balaban J connectivity index is 2.92. The highest BCUT2D eigenvalue weighted by Crippen LogP contribution is 2.21. The fourth-order valence-corrected chi connectivity index (χ4v) is 1.55. The van der Waals surface area contributed by atoms with Crippen molar-refractivity contribution < 1.29 is 9.18 Å². The van der Waals surface area contributed by atoms with Crippen LogP contribution < -0.4 is 0 Å². The Bertz CT molecular complexity index is 332. The number of hydrogen-bond acceptors (Lipinski definition) is 2. The number of pyridine rings is 1. The van der Waals surface area contributed by atoms with Crippen LogP contribution in [-0.2, 0) is 4.79 Å². The second-order valence-corrected chi connectivity index (χ2v) is 3.92. The Labute approximate surface area is 89.5 Å². The molecule has 2 nitrogen and oxygen atoms in total. The molecule has 15 heavy (non-hydrogen) atoms. The Hall–Kier alpha value is -1.25. The lowest BCUT2D eigenvalue weighted by atomic mass is 9.90. The van der Waals surface area contributed by atoms with E-state index in [9.17, 15) is 9.18 Å². The monoisotopic (exact) mass is 209 g/mol.